The number of aromatic amines is 1. The van der Waals surface area contributed by atoms with E-state index in [2.05, 4.69) is 19.7 Å². The summed E-state index contributed by atoms with van der Waals surface area (Å²) < 4.78 is 77.8. The van der Waals surface area contributed by atoms with Gasteiger partial charge < -0.3 is 4.98 Å². The molecule has 0 amide bonds. The number of anilines is 1. The number of halogens is 4. The van der Waals surface area contributed by atoms with Crippen LogP contribution in [0.3, 0.4) is 0 Å². The summed E-state index contributed by atoms with van der Waals surface area (Å²) in [6, 6.07) is 3.58. The third-order valence-electron chi connectivity index (χ3n) is 3.89. The van der Waals surface area contributed by atoms with Gasteiger partial charge in [0.05, 0.1) is 0 Å². The summed E-state index contributed by atoms with van der Waals surface area (Å²) in [7, 11) is -4.12. The molecule has 3 aromatic rings. The van der Waals surface area contributed by atoms with Crippen molar-refractivity contribution in [1.82, 2.24) is 15.0 Å². The molecule has 2 N–H and O–H groups in total. The highest BCUT2D eigenvalue weighted by Crippen LogP contribution is 2.28. The van der Waals surface area contributed by atoms with E-state index in [0.717, 1.165) is 12.3 Å². The number of rotatable bonds is 6. The summed E-state index contributed by atoms with van der Waals surface area (Å²) in [5.74, 6) is -0.274. The number of H-pyrrole nitrogens is 1. The van der Waals surface area contributed by atoms with Crippen molar-refractivity contribution in [2.45, 2.75) is 31.1 Å². The molecule has 0 unspecified atom stereocenters. The SMILES string of the molecule is Cc1nc(NS(=O)(=O)c2c[nH]c3cc(C(F)F)ccc23)ncc1CC(F)F.[HH].[HH]. The lowest BCUT2D eigenvalue weighted by Gasteiger charge is -2.09. The monoisotopic (exact) mass is 406 g/mol. The second-order valence-corrected chi connectivity index (χ2v) is 7.41. The number of nitrogens with one attached hydrogen (secondary N) is 2. The smallest absolute Gasteiger partial charge is 0.266 e. The molecule has 0 bridgehead atoms. The van der Waals surface area contributed by atoms with Gasteiger partial charge in [0.1, 0.15) is 4.90 Å². The van der Waals surface area contributed by atoms with Crippen LogP contribution in [-0.2, 0) is 16.4 Å². The predicted molar refractivity (Wildman–Crippen MR) is 94.8 cm³/mol. The molecule has 0 atom stereocenters. The Hall–Kier alpha value is -2.69. The number of fused-ring (bicyclic) bond motifs is 1. The summed E-state index contributed by atoms with van der Waals surface area (Å²) in [5, 5.41) is 0.220. The minimum Gasteiger partial charge on any atom is -0.360 e. The van der Waals surface area contributed by atoms with E-state index < -0.39 is 29.3 Å². The normalized spacial score (nSPS) is 12.3. The highest BCUT2D eigenvalue weighted by molar-refractivity contribution is 7.93. The highest BCUT2D eigenvalue weighted by atomic mass is 32.2. The Bertz CT molecular complexity index is 1090. The molecular weight excluding hydrogens is 388 g/mol. The van der Waals surface area contributed by atoms with Crippen molar-refractivity contribution in [3.63, 3.8) is 0 Å². The molecule has 11 heteroatoms. The van der Waals surface area contributed by atoms with Crippen LogP contribution >= 0.6 is 0 Å². The maximum absolute atomic E-state index is 12.8. The molecular formula is C16H18F4N4O2S. The van der Waals surface area contributed by atoms with E-state index in [1.807, 2.05) is 0 Å². The molecule has 0 aliphatic carbocycles. The summed E-state index contributed by atoms with van der Waals surface area (Å²) in [4.78, 5) is 10.1. The van der Waals surface area contributed by atoms with Gasteiger partial charge in [0, 0.05) is 43.8 Å². The molecule has 0 fully saturated rings. The van der Waals surface area contributed by atoms with Crippen molar-refractivity contribution in [2.24, 2.45) is 0 Å². The Morgan fingerprint density at radius 2 is 2.00 bits per heavy atom. The van der Waals surface area contributed by atoms with Crippen LogP contribution in [0.4, 0.5) is 23.5 Å². The number of hydrogen-bond donors (Lipinski definition) is 2. The lowest BCUT2D eigenvalue weighted by molar-refractivity contribution is 0.148. The van der Waals surface area contributed by atoms with Gasteiger partial charge >= 0.3 is 0 Å². The Morgan fingerprint density at radius 1 is 1.26 bits per heavy atom. The number of benzene rings is 1. The first kappa shape index (κ1) is 19.1. The average molecular weight is 406 g/mol. The average Bonchev–Trinajstić information content (AvgIpc) is 3.00. The van der Waals surface area contributed by atoms with Gasteiger partial charge in [0.25, 0.3) is 16.4 Å². The topological polar surface area (TPSA) is 87.7 Å². The largest absolute Gasteiger partial charge is 0.360 e. The summed E-state index contributed by atoms with van der Waals surface area (Å²) in [5.41, 5.74) is 0.426. The lowest BCUT2D eigenvalue weighted by atomic mass is 10.2. The van der Waals surface area contributed by atoms with Gasteiger partial charge in [-0.25, -0.2) is 40.7 Å². The van der Waals surface area contributed by atoms with Crippen molar-refractivity contribution in [3.8, 4) is 0 Å². The fraction of sp³-hybridized carbons (Fsp3) is 0.250. The Balaban J connectivity index is 0.00000210. The maximum atomic E-state index is 12.8. The fourth-order valence-corrected chi connectivity index (χ4v) is 3.69. The molecule has 2 heterocycles. The number of aryl methyl sites for hydroxylation is 1. The van der Waals surface area contributed by atoms with Crippen LogP contribution in [0, 0.1) is 6.92 Å². The van der Waals surface area contributed by atoms with Crippen molar-refractivity contribution in [3.05, 3.63) is 47.4 Å². The molecule has 2 aromatic heterocycles. The van der Waals surface area contributed by atoms with E-state index in [1.165, 1.54) is 25.3 Å². The Labute approximate surface area is 154 Å². The third kappa shape index (κ3) is 4.02. The molecule has 0 spiro atoms. The second-order valence-electron chi connectivity index (χ2n) is 5.76. The Morgan fingerprint density at radius 3 is 2.63 bits per heavy atom. The molecule has 0 saturated carbocycles. The van der Waals surface area contributed by atoms with Crippen molar-refractivity contribution in [2.75, 3.05) is 4.72 Å². The molecule has 3 rings (SSSR count). The maximum Gasteiger partial charge on any atom is 0.266 e. The zero-order chi connectivity index (χ0) is 19.8. The zero-order valence-corrected chi connectivity index (χ0v) is 14.7. The van der Waals surface area contributed by atoms with Crippen LogP contribution in [0.2, 0.25) is 0 Å². The highest BCUT2D eigenvalue weighted by Gasteiger charge is 2.22. The van der Waals surface area contributed by atoms with Gasteiger partial charge in [0.2, 0.25) is 12.4 Å². The third-order valence-corrected chi connectivity index (χ3v) is 5.26. The van der Waals surface area contributed by atoms with Crippen LogP contribution in [0.25, 0.3) is 10.9 Å². The van der Waals surface area contributed by atoms with Crippen LogP contribution in [0.5, 0.6) is 0 Å². The van der Waals surface area contributed by atoms with Crippen LogP contribution in [0.1, 0.15) is 26.1 Å². The summed E-state index contributed by atoms with van der Waals surface area (Å²) in [6.07, 6.45) is -3.48. The van der Waals surface area contributed by atoms with E-state index >= 15 is 0 Å². The molecule has 6 nitrogen and oxygen atoms in total. The van der Waals surface area contributed by atoms with Gasteiger partial charge in [-0.1, -0.05) is 12.1 Å². The first-order valence-electron chi connectivity index (χ1n) is 7.70. The van der Waals surface area contributed by atoms with Crippen LogP contribution in [-0.4, -0.2) is 29.8 Å². The number of aromatic nitrogens is 3. The molecule has 148 valence electrons. The molecule has 0 aliphatic heterocycles. The standard InChI is InChI=1S/C16H14F4N4O2S.2H2/c1-8-10(5-14(17)18)6-22-16(23-8)24-27(25,26)13-7-21-12-4-9(15(19)20)2-3-11(12)13;;/h2-4,6-7,14-15,21H,5H2,1H3,(H,22,23,24);2*1H. The number of alkyl halides is 4. The Kier molecular flexibility index (Phi) is 5.05. The number of nitrogens with zero attached hydrogens (tertiary/aromatic N) is 2. The van der Waals surface area contributed by atoms with Crippen LogP contribution < -0.4 is 4.72 Å². The minimum atomic E-state index is -4.12. The van der Waals surface area contributed by atoms with Gasteiger partial charge in [-0.2, -0.15) is 0 Å². The molecule has 1 aromatic carbocycles. The molecule has 0 saturated heterocycles. The number of hydrogen-bond acceptors (Lipinski definition) is 4. The van der Waals surface area contributed by atoms with Crippen molar-refractivity contribution < 1.29 is 28.8 Å². The van der Waals surface area contributed by atoms with E-state index in [0.29, 0.717) is 0 Å². The van der Waals surface area contributed by atoms with Gasteiger partial charge in [-0.3, -0.25) is 0 Å². The minimum absolute atomic E-state index is 0. The van der Waals surface area contributed by atoms with E-state index in [4.69, 9.17) is 0 Å². The number of sulfonamides is 1. The molecule has 0 aliphatic rings. The van der Waals surface area contributed by atoms with E-state index in [9.17, 15) is 26.0 Å². The first-order valence-corrected chi connectivity index (χ1v) is 9.18. The summed E-state index contributed by atoms with van der Waals surface area (Å²) in [6.45, 7) is 1.47. The molecule has 27 heavy (non-hydrogen) atoms. The predicted octanol–water partition coefficient (Wildman–Crippen LogP) is 4.30. The van der Waals surface area contributed by atoms with Gasteiger partial charge in [-0.15, -0.1) is 0 Å². The van der Waals surface area contributed by atoms with E-state index in [1.54, 1.807) is 0 Å². The quantitative estimate of drug-likeness (QED) is 0.598. The zero-order valence-electron chi connectivity index (χ0n) is 13.9. The van der Waals surface area contributed by atoms with E-state index in [-0.39, 0.29) is 41.4 Å². The summed E-state index contributed by atoms with van der Waals surface area (Å²) >= 11 is 0. The van der Waals surface area contributed by atoms with Gasteiger partial charge in [-0.05, 0) is 18.6 Å². The van der Waals surface area contributed by atoms with Crippen molar-refractivity contribution >= 4 is 26.9 Å². The fourth-order valence-electron chi connectivity index (χ4n) is 2.56. The van der Waals surface area contributed by atoms with Gasteiger partial charge in [0.15, 0.2) is 0 Å². The molecule has 0 radical (unpaired) electrons. The lowest BCUT2D eigenvalue weighted by Crippen LogP contribution is -2.15. The van der Waals surface area contributed by atoms with Crippen molar-refractivity contribution in [1.29, 1.82) is 0 Å². The van der Waals surface area contributed by atoms with Crippen LogP contribution in [0.15, 0.2) is 35.5 Å². The first-order chi connectivity index (χ1) is 12.7. The second kappa shape index (κ2) is 7.14.